The zero-order chi connectivity index (χ0) is 12.5. The van der Waals surface area contributed by atoms with Crippen LogP contribution in [-0.2, 0) is 5.54 Å². The van der Waals surface area contributed by atoms with E-state index in [0.29, 0.717) is 5.75 Å². The first-order chi connectivity index (χ1) is 8.07. The summed E-state index contributed by atoms with van der Waals surface area (Å²) in [6, 6.07) is 3.65. The summed E-state index contributed by atoms with van der Waals surface area (Å²) in [6.07, 6.45) is 5.47. The highest BCUT2D eigenvalue weighted by atomic mass is 16.5. The zero-order valence-corrected chi connectivity index (χ0v) is 10.6. The van der Waals surface area contributed by atoms with E-state index in [1.165, 1.54) is 6.42 Å². The molecule has 94 valence electrons. The smallest absolute Gasteiger partial charge is 0.124 e. The van der Waals surface area contributed by atoms with Crippen LogP contribution in [0.4, 0.5) is 0 Å². The highest BCUT2D eigenvalue weighted by molar-refractivity contribution is 5.48. The average Bonchev–Trinajstić information content (AvgIpc) is 2.33. The molecule has 0 saturated heterocycles. The van der Waals surface area contributed by atoms with Crippen molar-refractivity contribution in [3.63, 3.8) is 0 Å². The van der Waals surface area contributed by atoms with Crippen LogP contribution in [-0.4, -0.2) is 12.2 Å². The Bertz CT molecular complexity index is 409. The van der Waals surface area contributed by atoms with Crippen molar-refractivity contribution >= 4 is 0 Å². The van der Waals surface area contributed by atoms with Crippen LogP contribution in [0.15, 0.2) is 12.1 Å². The molecule has 3 heteroatoms. The first-order valence-corrected chi connectivity index (χ1v) is 6.24. The predicted octanol–water partition coefficient (Wildman–Crippen LogP) is 2.83. The largest absolute Gasteiger partial charge is 0.508 e. The van der Waals surface area contributed by atoms with Crippen LogP contribution in [0.25, 0.3) is 0 Å². The number of methoxy groups -OCH3 is 1. The number of nitrogens with two attached hydrogens (primary N) is 1. The number of aromatic hydroxyl groups is 1. The second-order valence-corrected chi connectivity index (χ2v) is 5.06. The van der Waals surface area contributed by atoms with Crippen LogP contribution in [0.5, 0.6) is 11.5 Å². The molecular weight excluding hydrogens is 214 g/mol. The average molecular weight is 235 g/mol. The van der Waals surface area contributed by atoms with Crippen molar-refractivity contribution in [1.82, 2.24) is 0 Å². The Morgan fingerprint density at radius 2 is 1.88 bits per heavy atom. The lowest BCUT2D eigenvalue weighted by molar-refractivity contribution is 0.287. The van der Waals surface area contributed by atoms with Gasteiger partial charge in [0.05, 0.1) is 7.11 Å². The lowest BCUT2D eigenvalue weighted by atomic mass is 9.77. The van der Waals surface area contributed by atoms with E-state index in [9.17, 15) is 5.11 Å². The molecule has 0 atom stereocenters. The number of rotatable bonds is 2. The molecule has 1 aliphatic rings. The van der Waals surface area contributed by atoms with E-state index in [1.807, 2.05) is 13.0 Å². The fourth-order valence-electron chi connectivity index (χ4n) is 2.68. The first-order valence-electron chi connectivity index (χ1n) is 6.24. The molecule has 1 aromatic rings. The second-order valence-electron chi connectivity index (χ2n) is 5.06. The van der Waals surface area contributed by atoms with Crippen molar-refractivity contribution in [3.8, 4) is 11.5 Å². The second kappa shape index (κ2) is 4.57. The van der Waals surface area contributed by atoms with Gasteiger partial charge in [-0.05, 0) is 37.5 Å². The maximum atomic E-state index is 9.85. The van der Waals surface area contributed by atoms with E-state index in [1.54, 1.807) is 13.2 Å². The lowest BCUT2D eigenvalue weighted by Crippen LogP contribution is -2.38. The Balaban J connectivity index is 2.45. The summed E-state index contributed by atoms with van der Waals surface area (Å²) in [4.78, 5) is 0. The van der Waals surface area contributed by atoms with Crippen molar-refractivity contribution in [2.45, 2.75) is 44.6 Å². The fraction of sp³-hybridized carbons (Fsp3) is 0.571. The zero-order valence-electron chi connectivity index (χ0n) is 10.6. The van der Waals surface area contributed by atoms with Crippen LogP contribution in [0, 0.1) is 6.92 Å². The monoisotopic (exact) mass is 235 g/mol. The molecule has 0 amide bonds. The fourth-order valence-corrected chi connectivity index (χ4v) is 2.68. The summed E-state index contributed by atoms with van der Waals surface area (Å²) in [5.74, 6) is 1.10. The number of hydrogen-bond donors (Lipinski definition) is 2. The molecule has 3 N–H and O–H groups in total. The molecular formula is C14H21NO2. The van der Waals surface area contributed by atoms with Crippen LogP contribution < -0.4 is 10.5 Å². The molecule has 0 unspecified atom stereocenters. The van der Waals surface area contributed by atoms with Crippen LogP contribution >= 0.6 is 0 Å². The summed E-state index contributed by atoms with van der Waals surface area (Å²) in [7, 11) is 1.65. The van der Waals surface area contributed by atoms with Gasteiger partial charge in [-0.2, -0.15) is 0 Å². The van der Waals surface area contributed by atoms with Crippen molar-refractivity contribution in [2.24, 2.45) is 5.73 Å². The number of hydrogen-bond acceptors (Lipinski definition) is 3. The normalized spacial score (nSPS) is 19.0. The SMILES string of the molecule is COc1cc(C)c(O)cc1C1(N)CCCCC1. The number of phenols is 1. The molecule has 0 radical (unpaired) electrons. The van der Waals surface area contributed by atoms with Crippen LogP contribution in [0.1, 0.15) is 43.2 Å². The summed E-state index contributed by atoms with van der Waals surface area (Å²) < 4.78 is 5.41. The maximum absolute atomic E-state index is 9.85. The third-order valence-electron chi connectivity index (χ3n) is 3.80. The minimum absolute atomic E-state index is 0.302. The van der Waals surface area contributed by atoms with Gasteiger partial charge in [-0.25, -0.2) is 0 Å². The molecule has 1 saturated carbocycles. The maximum Gasteiger partial charge on any atom is 0.124 e. The van der Waals surface area contributed by atoms with Gasteiger partial charge in [-0.15, -0.1) is 0 Å². The van der Waals surface area contributed by atoms with Gasteiger partial charge in [-0.1, -0.05) is 19.3 Å². The first kappa shape index (κ1) is 12.2. The molecule has 1 aliphatic carbocycles. The van der Waals surface area contributed by atoms with E-state index in [0.717, 1.165) is 42.6 Å². The van der Waals surface area contributed by atoms with Gasteiger partial charge in [0, 0.05) is 11.1 Å². The van der Waals surface area contributed by atoms with E-state index in [4.69, 9.17) is 10.5 Å². The molecule has 17 heavy (non-hydrogen) atoms. The molecule has 1 fully saturated rings. The Kier molecular flexibility index (Phi) is 3.29. The number of ether oxygens (including phenoxy) is 1. The molecule has 0 aromatic heterocycles. The number of benzene rings is 1. The Hall–Kier alpha value is -1.22. The molecule has 3 nitrogen and oxygen atoms in total. The predicted molar refractivity (Wildman–Crippen MR) is 68.3 cm³/mol. The van der Waals surface area contributed by atoms with E-state index in [-0.39, 0.29) is 5.54 Å². The van der Waals surface area contributed by atoms with Gasteiger partial charge in [0.2, 0.25) is 0 Å². The molecule has 0 heterocycles. The highest BCUT2D eigenvalue weighted by Crippen LogP contribution is 2.41. The van der Waals surface area contributed by atoms with E-state index >= 15 is 0 Å². The molecule has 0 spiro atoms. The number of aryl methyl sites for hydroxylation is 1. The Labute approximate surface area is 103 Å². The third-order valence-corrected chi connectivity index (χ3v) is 3.80. The Morgan fingerprint density at radius 3 is 2.47 bits per heavy atom. The summed E-state index contributed by atoms with van der Waals surface area (Å²) in [5, 5.41) is 9.85. The summed E-state index contributed by atoms with van der Waals surface area (Å²) in [5.41, 5.74) is 7.92. The molecule has 2 rings (SSSR count). The van der Waals surface area contributed by atoms with Gasteiger partial charge < -0.3 is 15.6 Å². The van der Waals surface area contributed by atoms with Gasteiger partial charge >= 0.3 is 0 Å². The molecule has 0 aliphatic heterocycles. The van der Waals surface area contributed by atoms with Crippen molar-refractivity contribution in [2.75, 3.05) is 7.11 Å². The quantitative estimate of drug-likeness (QED) is 0.828. The van der Waals surface area contributed by atoms with Crippen molar-refractivity contribution < 1.29 is 9.84 Å². The topological polar surface area (TPSA) is 55.5 Å². The Morgan fingerprint density at radius 1 is 1.24 bits per heavy atom. The van der Waals surface area contributed by atoms with Crippen LogP contribution in [0.3, 0.4) is 0 Å². The van der Waals surface area contributed by atoms with Gasteiger partial charge in [0.25, 0.3) is 0 Å². The molecule has 0 bridgehead atoms. The van der Waals surface area contributed by atoms with Crippen molar-refractivity contribution in [1.29, 1.82) is 0 Å². The van der Waals surface area contributed by atoms with Crippen LogP contribution in [0.2, 0.25) is 0 Å². The highest BCUT2D eigenvalue weighted by Gasteiger charge is 2.32. The minimum atomic E-state index is -0.339. The van der Waals surface area contributed by atoms with Gasteiger partial charge in [0.15, 0.2) is 0 Å². The van der Waals surface area contributed by atoms with Gasteiger partial charge in [0.1, 0.15) is 11.5 Å². The molecule has 1 aromatic carbocycles. The summed E-state index contributed by atoms with van der Waals surface area (Å²) in [6.45, 7) is 1.87. The lowest BCUT2D eigenvalue weighted by Gasteiger charge is -2.35. The van der Waals surface area contributed by atoms with Gasteiger partial charge in [-0.3, -0.25) is 0 Å². The summed E-state index contributed by atoms with van der Waals surface area (Å²) >= 11 is 0. The number of phenolic OH excluding ortho intramolecular Hbond substituents is 1. The minimum Gasteiger partial charge on any atom is -0.508 e. The third kappa shape index (κ3) is 2.25. The van der Waals surface area contributed by atoms with E-state index < -0.39 is 0 Å². The van der Waals surface area contributed by atoms with Crippen molar-refractivity contribution in [3.05, 3.63) is 23.3 Å². The standard InChI is InChI=1S/C14H21NO2/c1-10-8-13(17-2)11(9-12(10)16)14(15)6-4-3-5-7-14/h8-9,16H,3-7,15H2,1-2H3. The van der Waals surface area contributed by atoms with E-state index in [2.05, 4.69) is 0 Å².